The monoisotopic (exact) mass is 395 g/mol. The molecule has 2 heterocycles. The lowest BCUT2D eigenvalue weighted by Gasteiger charge is -2.32. The number of benzene rings is 3. The molecule has 0 radical (unpaired) electrons. The number of rotatable bonds is 4. The van der Waals surface area contributed by atoms with E-state index in [-0.39, 0.29) is 11.8 Å². The van der Waals surface area contributed by atoms with E-state index in [4.69, 9.17) is 4.98 Å². The molecule has 4 nitrogen and oxygen atoms in total. The molecule has 0 aliphatic carbocycles. The molecule has 1 saturated heterocycles. The minimum absolute atomic E-state index is 0.127. The van der Waals surface area contributed by atoms with Gasteiger partial charge in [-0.3, -0.25) is 4.79 Å². The number of piperidine rings is 1. The smallest absolute Gasteiger partial charge is 0.254 e. The third kappa shape index (κ3) is 3.73. The van der Waals surface area contributed by atoms with Crippen molar-refractivity contribution in [2.75, 3.05) is 13.1 Å². The van der Waals surface area contributed by atoms with E-state index in [2.05, 4.69) is 29.2 Å². The summed E-state index contributed by atoms with van der Waals surface area (Å²) in [6.45, 7) is 1.51. The van der Waals surface area contributed by atoms with Crippen LogP contribution in [0.15, 0.2) is 78.9 Å². The number of aromatic amines is 1. The van der Waals surface area contributed by atoms with Crippen LogP contribution >= 0.6 is 0 Å². The standard InChI is InChI=1S/C26H25N3O/c30-26(22-13-5-4-11-20(22)17-19-9-2-1-3-10-19)29-16-8-12-21(18-29)25-27-23-14-6-7-15-24(23)28-25/h1-7,9-11,13-15,21H,8,12,16-18H2,(H,27,28). The Kier molecular flexibility index (Phi) is 5.06. The SMILES string of the molecule is O=C(c1ccccc1Cc1ccccc1)N1CCCC(c2nc3ccccc3[nH]2)C1. The number of nitrogens with one attached hydrogen (secondary N) is 1. The fraction of sp³-hybridized carbons (Fsp3) is 0.231. The fourth-order valence-electron chi connectivity index (χ4n) is 4.42. The van der Waals surface area contributed by atoms with Crippen molar-refractivity contribution >= 4 is 16.9 Å². The molecule has 1 atom stereocenters. The molecule has 3 aromatic carbocycles. The molecule has 150 valence electrons. The van der Waals surface area contributed by atoms with E-state index in [1.165, 1.54) is 5.56 Å². The molecule has 1 fully saturated rings. The molecule has 1 aromatic heterocycles. The summed E-state index contributed by atoms with van der Waals surface area (Å²) in [6, 6.07) is 26.4. The minimum Gasteiger partial charge on any atom is -0.342 e. The quantitative estimate of drug-likeness (QED) is 0.518. The highest BCUT2D eigenvalue weighted by molar-refractivity contribution is 5.96. The van der Waals surface area contributed by atoms with Crippen LogP contribution in [0.3, 0.4) is 0 Å². The highest BCUT2D eigenvalue weighted by atomic mass is 16.2. The van der Waals surface area contributed by atoms with E-state index >= 15 is 0 Å². The van der Waals surface area contributed by atoms with E-state index in [0.29, 0.717) is 6.54 Å². The van der Waals surface area contributed by atoms with Crippen LogP contribution in [0.5, 0.6) is 0 Å². The number of H-pyrrole nitrogens is 1. The summed E-state index contributed by atoms with van der Waals surface area (Å²) < 4.78 is 0. The molecule has 4 heteroatoms. The molecule has 1 N–H and O–H groups in total. The van der Waals surface area contributed by atoms with Crippen molar-refractivity contribution in [2.24, 2.45) is 0 Å². The zero-order valence-electron chi connectivity index (χ0n) is 16.9. The Morgan fingerprint density at radius 3 is 2.60 bits per heavy atom. The molecule has 0 bridgehead atoms. The van der Waals surface area contributed by atoms with Crippen LogP contribution in [0.2, 0.25) is 0 Å². The van der Waals surface area contributed by atoms with E-state index in [0.717, 1.165) is 53.8 Å². The predicted octanol–water partition coefficient (Wildman–Crippen LogP) is 5.17. The Morgan fingerprint density at radius 1 is 0.967 bits per heavy atom. The number of para-hydroxylation sites is 2. The number of hydrogen-bond acceptors (Lipinski definition) is 2. The van der Waals surface area contributed by atoms with Gasteiger partial charge in [0.15, 0.2) is 0 Å². The topological polar surface area (TPSA) is 49.0 Å². The number of carbonyl (C=O) groups excluding carboxylic acids is 1. The first-order chi connectivity index (χ1) is 14.8. The number of imidazole rings is 1. The average Bonchev–Trinajstić information content (AvgIpc) is 3.24. The molecular weight excluding hydrogens is 370 g/mol. The summed E-state index contributed by atoms with van der Waals surface area (Å²) in [5.41, 5.74) is 5.16. The second kappa shape index (κ2) is 8.15. The second-order valence-electron chi connectivity index (χ2n) is 8.05. The van der Waals surface area contributed by atoms with Crippen molar-refractivity contribution in [3.63, 3.8) is 0 Å². The molecule has 1 amide bonds. The lowest BCUT2D eigenvalue weighted by Crippen LogP contribution is -2.39. The minimum atomic E-state index is 0.127. The van der Waals surface area contributed by atoms with Crippen LogP contribution in [0.25, 0.3) is 11.0 Å². The third-order valence-corrected chi connectivity index (χ3v) is 5.99. The van der Waals surface area contributed by atoms with Gasteiger partial charge in [0.1, 0.15) is 5.82 Å². The highest BCUT2D eigenvalue weighted by Crippen LogP contribution is 2.28. The molecule has 4 aromatic rings. The molecule has 30 heavy (non-hydrogen) atoms. The molecule has 0 saturated carbocycles. The Morgan fingerprint density at radius 2 is 1.73 bits per heavy atom. The maximum atomic E-state index is 13.5. The van der Waals surface area contributed by atoms with Crippen molar-refractivity contribution in [3.05, 3.63) is 101 Å². The number of likely N-dealkylation sites (tertiary alicyclic amines) is 1. The van der Waals surface area contributed by atoms with Gasteiger partial charge in [0, 0.05) is 24.6 Å². The van der Waals surface area contributed by atoms with Gasteiger partial charge in [-0.25, -0.2) is 4.98 Å². The summed E-state index contributed by atoms with van der Waals surface area (Å²) in [5.74, 6) is 1.37. The number of amides is 1. The summed E-state index contributed by atoms with van der Waals surface area (Å²) in [7, 11) is 0. The van der Waals surface area contributed by atoms with Crippen LogP contribution in [0, 0.1) is 0 Å². The fourth-order valence-corrected chi connectivity index (χ4v) is 4.42. The lowest BCUT2D eigenvalue weighted by molar-refractivity contribution is 0.0704. The van der Waals surface area contributed by atoms with Gasteiger partial charge in [0.25, 0.3) is 5.91 Å². The average molecular weight is 396 g/mol. The molecule has 1 aliphatic heterocycles. The summed E-state index contributed by atoms with van der Waals surface area (Å²) in [5, 5.41) is 0. The van der Waals surface area contributed by atoms with Crippen molar-refractivity contribution in [1.82, 2.24) is 14.9 Å². The first-order valence-electron chi connectivity index (χ1n) is 10.6. The van der Waals surface area contributed by atoms with Gasteiger partial charge >= 0.3 is 0 Å². The summed E-state index contributed by atoms with van der Waals surface area (Å²) in [4.78, 5) is 23.7. The molecular formula is C26H25N3O. The first kappa shape index (κ1) is 18.6. The van der Waals surface area contributed by atoms with E-state index < -0.39 is 0 Å². The maximum Gasteiger partial charge on any atom is 0.254 e. The number of hydrogen-bond donors (Lipinski definition) is 1. The van der Waals surface area contributed by atoms with Crippen molar-refractivity contribution in [1.29, 1.82) is 0 Å². The van der Waals surface area contributed by atoms with Gasteiger partial charge in [-0.2, -0.15) is 0 Å². The zero-order valence-corrected chi connectivity index (χ0v) is 16.9. The number of nitrogens with zero attached hydrogens (tertiary/aromatic N) is 2. The van der Waals surface area contributed by atoms with Crippen LogP contribution in [0.4, 0.5) is 0 Å². The largest absolute Gasteiger partial charge is 0.342 e. The van der Waals surface area contributed by atoms with E-state index in [1.54, 1.807) is 0 Å². The molecule has 5 rings (SSSR count). The van der Waals surface area contributed by atoms with Gasteiger partial charge in [-0.15, -0.1) is 0 Å². The number of aromatic nitrogens is 2. The highest BCUT2D eigenvalue weighted by Gasteiger charge is 2.28. The van der Waals surface area contributed by atoms with Gasteiger partial charge in [-0.1, -0.05) is 60.7 Å². The van der Waals surface area contributed by atoms with Crippen molar-refractivity contribution in [3.8, 4) is 0 Å². The Hall–Kier alpha value is -3.40. The lowest BCUT2D eigenvalue weighted by atomic mass is 9.95. The second-order valence-corrected chi connectivity index (χ2v) is 8.05. The van der Waals surface area contributed by atoms with E-state index in [9.17, 15) is 4.79 Å². The first-order valence-corrected chi connectivity index (χ1v) is 10.6. The van der Waals surface area contributed by atoms with Gasteiger partial charge in [0.05, 0.1) is 11.0 Å². The van der Waals surface area contributed by atoms with Gasteiger partial charge < -0.3 is 9.88 Å². The van der Waals surface area contributed by atoms with Crippen molar-refractivity contribution in [2.45, 2.75) is 25.2 Å². The number of carbonyl (C=O) groups is 1. The van der Waals surface area contributed by atoms with Gasteiger partial charge in [-0.05, 0) is 48.6 Å². The van der Waals surface area contributed by atoms with Gasteiger partial charge in [0.2, 0.25) is 0 Å². The van der Waals surface area contributed by atoms with Crippen LogP contribution < -0.4 is 0 Å². The molecule has 1 unspecified atom stereocenters. The zero-order chi connectivity index (χ0) is 20.3. The van der Waals surface area contributed by atoms with Crippen LogP contribution in [-0.2, 0) is 6.42 Å². The Bertz CT molecular complexity index is 1130. The maximum absolute atomic E-state index is 13.5. The van der Waals surface area contributed by atoms with Crippen LogP contribution in [0.1, 0.15) is 46.1 Å². The molecule has 0 spiro atoms. The van der Waals surface area contributed by atoms with Crippen molar-refractivity contribution < 1.29 is 4.79 Å². The Labute approximate surface area is 176 Å². The third-order valence-electron chi connectivity index (χ3n) is 5.99. The Balaban J connectivity index is 1.37. The summed E-state index contributed by atoms with van der Waals surface area (Å²) >= 11 is 0. The number of fused-ring (bicyclic) bond motifs is 1. The normalized spacial score (nSPS) is 16.7. The van der Waals surface area contributed by atoms with E-state index in [1.807, 2.05) is 59.5 Å². The molecule has 1 aliphatic rings. The summed E-state index contributed by atoms with van der Waals surface area (Å²) in [6.07, 6.45) is 2.81. The van der Waals surface area contributed by atoms with Crippen LogP contribution in [-0.4, -0.2) is 33.9 Å². The predicted molar refractivity (Wildman–Crippen MR) is 120 cm³/mol.